The predicted molar refractivity (Wildman–Crippen MR) is 83.7 cm³/mol. The fourth-order valence-electron chi connectivity index (χ4n) is 2.04. The van der Waals surface area contributed by atoms with Crippen molar-refractivity contribution in [3.63, 3.8) is 0 Å². The number of hydrogen-bond acceptors (Lipinski definition) is 3. The molecular weight excluding hydrogens is 276 g/mol. The van der Waals surface area contributed by atoms with Gasteiger partial charge in [-0.3, -0.25) is 4.79 Å². The Morgan fingerprint density at radius 1 is 1.30 bits per heavy atom. The normalized spacial score (nSPS) is 14.8. The van der Waals surface area contributed by atoms with Crippen LogP contribution in [0.4, 0.5) is 0 Å². The first-order chi connectivity index (χ1) is 8.99. The van der Waals surface area contributed by atoms with Crippen LogP contribution in [0.25, 0.3) is 0 Å². The van der Waals surface area contributed by atoms with Crippen molar-refractivity contribution in [1.29, 1.82) is 0 Å². The minimum Gasteiger partial charge on any atom is -0.393 e. The van der Waals surface area contributed by atoms with Crippen molar-refractivity contribution >= 4 is 18.3 Å². The molecule has 0 saturated carbocycles. The summed E-state index contributed by atoms with van der Waals surface area (Å²) in [6.07, 6.45) is 0.634. The predicted octanol–water partition coefficient (Wildman–Crippen LogP) is 2.02. The van der Waals surface area contributed by atoms with Crippen molar-refractivity contribution in [3.05, 3.63) is 35.9 Å². The van der Waals surface area contributed by atoms with Gasteiger partial charge in [0.15, 0.2) is 0 Å². The molecule has 0 bridgehead atoms. The first-order valence-corrected chi connectivity index (χ1v) is 6.74. The molecule has 0 fully saturated rings. The molecule has 1 amide bonds. The number of rotatable bonds is 7. The van der Waals surface area contributed by atoms with Crippen molar-refractivity contribution in [2.45, 2.75) is 38.8 Å². The Bertz CT molecular complexity index is 385. The van der Waals surface area contributed by atoms with Gasteiger partial charge in [-0.1, -0.05) is 37.3 Å². The molecule has 1 aromatic rings. The van der Waals surface area contributed by atoms with Gasteiger partial charge < -0.3 is 16.2 Å². The summed E-state index contributed by atoms with van der Waals surface area (Å²) in [6, 6.07) is 9.33. The molecule has 114 valence electrons. The molecule has 0 aliphatic heterocycles. The Kier molecular flexibility index (Phi) is 9.21. The van der Waals surface area contributed by atoms with E-state index in [1.165, 1.54) is 0 Å². The third-order valence-corrected chi connectivity index (χ3v) is 3.02. The first kappa shape index (κ1) is 18.9. The Hall–Kier alpha value is -1.10. The van der Waals surface area contributed by atoms with Gasteiger partial charge in [0.1, 0.15) is 0 Å². The molecular formula is C15H25ClN2O2. The highest BCUT2D eigenvalue weighted by molar-refractivity contribution is 5.85. The van der Waals surface area contributed by atoms with Crippen LogP contribution in [-0.2, 0) is 4.79 Å². The van der Waals surface area contributed by atoms with E-state index in [2.05, 4.69) is 5.32 Å². The Morgan fingerprint density at radius 2 is 1.90 bits per heavy atom. The highest BCUT2D eigenvalue weighted by atomic mass is 35.5. The first-order valence-electron chi connectivity index (χ1n) is 6.74. The molecule has 3 unspecified atom stereocenters. The molecule has 1 aromatic carbocycles. The number of amides is 1. The van der Waals surface area contributed by atoms with Crippen molar-refractivity contribution in [2.24, 2.45) is 11.7 Å². The largest absolute Gasteiger partial charge is 0.393 e. The van der Waals surface area contributed by atoms with Crippen molar-refractivity contribution in [3.8, 4) is 0 Å². The number of aliphatic hydroxyl groups is 1. The van der Waals surface area contributed by atoms with Crippen LogP contribution >= 0.6 is 12.4 Å². The number of benzene rings is 1. The van der Waals surface area contributed by atoms with Gasteiger partial charge in [-0.05, 0) is 24.8 Å². The van der Waals surface area contributed by atoms with Crippen LogP contribution < -0.4 is 11.1 Å². The monoisotopic (exact) mass is 300 g/mol. The Balaban J connectivity index is 0.00000361. The number of carbonyl (C=O) groups excluding carboxylic acids is 1. The quantitative estimate of drug-likeness (QED) is 0.721. The van der Waals surface area contributed by atoms with Crippen LogP contribution in [-0.4, -0.2) is 23.7 Å². The zero-order chi connectivity index (χ0) is 14.3. The van der Waals surface area contributed by atoms with E-state index in [0.717, 1.165) is 5.56 Å². The molecule has 0 saturated heterocycles. The van der Waals surface area contributed by atoms with Gasteiger partial charge in [0.2, 0.25) is 5.91 Å². The van der Waals surface area contributed by atoms with E-state index >= 15 is 0 Å². The van der Waals surface area contributed by atoms with Crippen LogP contribution in [0.2, 0.25) is 0 Å². The zero-order valence-electron chi connectivity index (χ0n) is 12.1. The van der Waals surface area contributed by atoms with Gasteiger partial charge in [-0.2, -0.15) is 0 Å². The second-order valence-electron chi connectivity index (χ2n) is 5.22. The topological polar surface area (TPSA) is 75.3 Å². The van der Waals surface area contributed by atoms with Gasteiger partial charge in [-0.25, -0.2) is 0 Å². The van der Waals surface area contributed by atoms with Crippen molar-refractivity contribution in [1.82, 2.24) is 5.32 Å². The van der Waals surface area contributed by atoms with E-state index < -0.39 is 0 Å². The summed E-state index contributed by atoms with van der Waals surface area (Å²) >= 11 is 0. The molecule has 4 nitrogen and oxygen atoms in total. The molecule has 1 rings (SSSR count). The van der Waals surface area contributed by atoms with E-state index in [0.29, 0.717) is 13.0 Å². The van der Waals surface area contributed by atoms with Gasteiger partial charge >= 0.3 is 0 Å². The maximum Gasteiger partial charge on any atom is 0.221 e. The zero-order valence-corrected chi connectivity index (χ0v) is 12.9. The molecule has 0 aliphatic carbocycles. The lowest BCUT2D eigenvalue weighted by Crippen LogP contribution is -2.31. The molecule has 4 N–H and O–H groups in total. The maximum absolute atomic E-state index is 11.8. The number of halogens is 1. The fourth-order valence-corrected chi connectivity index (χ4v) is 2.04. The van der Waals surface area contributed by atoms with Crippen LogP contribution in [0.3, 0.4) is 0 Å². The number of nitrogens with two attached hydrogens (primary N) is 1. The number of carbonyl (C=O) groups is 1. The van der Waals surface area contributed by atoms with E-state index in [1.807, 2.05) is 37.3 Å². The third kappa shape index (κ3) is 7.48. The summed E-state index contributed by atoms with van der Waals surface area (Å²) in [5, 5.41) is 12.1. The Labute approximate surface area is 127 Å². The van der Waals surface area contributed by atoms with Gasteiger partial charge in [0, 0.05) is 19.0 Å². The van der Waals surface area contributed by atoms with Crippen LogP contribution in [0.1, 0.15) is 38.3 Å². The molecule has 20 heavy (non-hydrogen) atoms. The van der Waals surface area contributed by atoms with Crippen LogP contribution in [0, 0.1) is 5.92 Å². The van der Waals surface area contributed by atoms with Crippen molar-refractivity contribution < 1.29 is 9.90 Å². The minimum absolute atomic E-state index is 0. The van der Waals surface area contributed by atoms with Crippen LogP contribution in [0.5, 0.6) is 0 Å². The van der Waals surface area contributed by atoms with Gasteiger partial charge in [-0.15, -0.1) is 12.4 Å². The smallest absolute Gasteiger partial charge is 0.221 e. The average molecular weight is 301 g/mol. The van der Waals surface area contributed by atoms with E-state index in [-0.39, 0.29) is 42.8 Å². The molecule has 5 heteroatoms. The molecule has 0 radical (unpaired) electrons. The molecule has 0 aromatic heterocycles. The van der Waals surface area contributed by atoms with Crippen molar-refractivity contribution in [2.75, 3.05) is 6.54 Å². The maximum atomic E-state index is 11.8. The molecule has 0 heterocycles. The van der Waals surface area contributed by atoms with E-state index in [1.54, 1.807) is 6.92 Å². The summed E-state index contributed by atoms with van der Waals surface area (Å²) in [7, 11) is 0. The second kappa shape index (κ2) is 9.75. The molecule has 0 aliphatic rings. The summed E-state index contributed by atoms with van der Waals surface area (Å²) in [4.78, 5) is 11.8. The lowest BCUT2D eigenvalue weighted by atomic mass is 10.0. The summed E-state index contributed by atoms with van der Waals surface area (Å²) in [5.41, 5.74) is 6.95. The summed E-state index contributed by atoms with van der Waals surface area (Å²) in [6.45, 7) is 4.33. The standard InChI is InChI=1S/C15H24N2O2.ClH/c1-11(8-12(2)18)10-17-15(19)9-14(16)13-6-4-3-5-7-13;/h3-7,11-12,14,18H,8-10,16H2,1-2H3,(H,17,19);1H. The molecule has 3 atom stereocenters. The summed E-state index contributed by atoms with van der Waals surface area (Å²) < 4.78 is 0. The number of aliphatic hydroxyl groups excluding tert-OH is 1. The number of nitrogens with one attached hydrogen (secondary N) is 1. The Morgan fingerprint density at radius 3 is 2.45 bits per heavy atom. The van der Waals surface area contributed by atoms with Gasteiger partial charge in [0.05, 0.1) is 6.10 Å². The lowest BCUT2D eigenvalue weighted by Gasteiger charge is -2.16. The second-order valence-corrected chi connectivity index (χ2v) is 5.22. The van der Waals surface area contributed by atoms with E-state index in [9.17, 15) is 9.90 Å². The SMILES string of the molecule is CC(O)CC(C)CNC(=O)CC(N)c1ccccc1.Cl. The third-order valence-electron chi connectivity index (χ3n) is 3.02. The minimum atomic E-state index is -0.335. The fraction of sp³-hybridized carbons (Fsp3) is 0.533. The van der Waals surface area contributed by atoms with Gasteiger partial charge in [0.25, 0.3) is 0 Å². The number of hydrogen-bond donors (Lipinski definition) is 3. The van der Waals surface area contributed by atoms with E-state index in [4.69, 9.17) is 5.73 Å². The highest BCUT2D eigenvalue weighted by Crippen LogP contribution is 2.13. The van der Waals surface area contributed by atoms with Crippen LogP contribution in [0.15, 0.2) is 30.3 Å². The summed E-state index contributed by atoms with van der Waals surface area (Å²) in [5.74, 6) is 0.214. The lowest BCUT2D eigenvalue weighted by molar-refractivity contribution is -0.121. The average Bonchev–Trinajstić information content (AvgIpc) is 2.36. The molecule has 0 spiro atoms. The highest BCUT2D eigenvalue weighted by Gasteiger charge is 2.12.